The van der Waals surface area contributed by atoms with Crippen LogP contribution in [0.3, 0.4) is 0 Å². The molecule has 0 spiro atoms. The van der Waals surface area contributed by atoms with Gasteiger partial charge in [-0.15, -0.1) is 0 Å². The molecule has 86 valence electrons. The number of aryl methyl sites for hydroxylation is 1. The van der Waals surface area contributed by atoms with Crippen LogP contribution < -0.4 is 0 Å². The standard InChI is InChI=1S/C11H20N2O2/c1-4-10-12-7-8-13(10)9-11(14-5-2)15-6-3/h7-8,11H,4-6,9H2,1-3H3. The summed E-state index contributed by atoms with van der Waals surface area (Å²) in [5, 5.41) is 0. The van der Waals surface area contributed by atoms with Crippen LogP contribution in [0, 0.1) is 0 Å². The van der Waals surface area contributed by atoms with Gasteiger partial charge in [0.1, 0.15) is 5.82 Å². The first kappa shape index (κ1) is 12.2. The Morgan fingerprint density at radius 3 is 2.47 bits per heavy atom. The molecule has 0 aromatic carbocycles. The molecule has 0 aliphatic heterocycles. The summed E-state index contributed by atoms with van der Waals surface area (Å²) in [6.07, 6.45) is 4.54. The molecule has 0 aliphatic rings. The van der Waals surface area contributed by atoms with E-state index in [0.717, 1.165) is 12.2 Å². The lowest BCUT2D eigenvalue weighted by Crippen LogP contribution is -2.24. The molecular formula is C11H20N2O2. The molecule has 1 rings (SSSR count). The maximum absolute atomic E-state index is 5.48. The Morgan fingerprint density at radius 1 is 1.27 bits per heavy atom. The SMILES string of the molecule is CCOC(Cn1ccnc1CC)OCC. The van der Waals surface area contributed by atoms with Gasteiger partial charge in [0.2, 0.25) is 0 Å². The molecule has 0 bridgehead atoms. The number of ether oxygens (including phenoxy) is 2. The summed E-state index contributed by atoms with van der Waals surface area (Å²) < 4.78 is 13.0. The van der Waals surface area contributed by atoms with Gasteiger partial charge in [-0.05, 0) is 13.8 Å². The second-order valence-electron chi connectivity index (χ2n) is 3.19. The first-order valence-corrected chi connectivity index (χ1v) is 5.55. The number of hydrogen-bond donors (Lipinski definition) is 0. The van der Waals surface area contributed by atoms with Crippen LogP contribution in [-0.4, -0.2) is 29.1 Å². The van der Waals surface area contributed by atoms with Crippen LogP contribution in [0.1, 0.15) is 26.6 Å². The van der Waals surface area contributed by atoms with E-state index in [1.807, 2.05) is 26.2 Å². The normalized spacial score (nSPS) is 11.2. The number of hydrogen-bond acceptors (Lipinski definition) is 3. The summed E-state index contributed by atoms with van der Waals surface area (Å²) in [6.45, 7) is 8.09. The van der Waals surface area contributed by atoms with E-state index in [2.05, 4.69) is 16.5 Å². The van der Waals surface area contributed by atoms with E-state index in [4.69, 9.17) is 9.47 Å². The molecule has 1 heterocycles. The largest absolute Gasteiger partial charge is 0.351 e. The van der Waals surface area contributed by atoms with E-state index in [0.29, 0.717) is 19.8 Å². The van der Waals surface area contributed by atoms with Gasteiger partial charge in [-0.2, -0.15) is 0 Å². The highest BCUT2D eigenvalue weighted by Gasteiger charge is 2.10. The summed E-state index contributed by atoms with van der Waals surface area (Å²) in [6, 6.07) is 0. The second kappa shape index (κ2) is 6.58. The third-order valence-electron chi connectivity index (χ3n) is 2.17. The highest BCUT2D eigenvalue weighted by atomic mass is 16.7. The van der Waals surface area contributed by atoms with Crippen LogP contribution in [0.2, 0.25) is 0 Å². The van der Waals surface area contributed by atoms with Crippen LogP contribution in [0.25, 0.3) is 0 Å². The van der Waals surface area contributed by atoms with Crippen molar-refractivity contribution in [1.82, 2.24) is 9.55 Å². The van der Waals surface area contributed by atoms with Crippen molar-refractivity contribution in [2.75, 3.05) is 13.2 Å². The van der Waals surface area contributed by atoms with Gasteiger partial charge in [0.25, 0.3) is 0 Å². The van der Waals surface area contributed by atoms with Crippen molar-refractivity contribution in [2.45, 2.75) is 40.0 Å². The maximum Gasteiger partial charge on any atom is 0.175 e. The molecule has 0 N–H and O–H groups in total. The van der Waals surface area contributed by atoms with Gasteiger partial charge in [0.15, 0.2) is 6.29 Å². The number of imidazole rings is 1. The highest BCUT2D eigenvalue weighted by Crippen LogP contribution is 2.04. The van der Waals surface area contributed by atoms with Gasteiger partial charge in [-0.1, -0.05) is 6.92 Å². The highest BCUT2D eigenvalue weighted by molar-refractivity contribution is 4.91. The van der Waals surface area contributed by atoms with E-state index in [1.54, 1.807) is 0 Å². The molecule has 0 atom stereocenters. The van der Waals surface area contributed by atoms with Crippen molar-refractivity contribution in [3.63, 3.8) is 0 Å². The Morgan fingerprint density at radius 2 is 1.93 bits per heavy atom. The quantitative estimate of drug-likeness (QED) is 0.647. The molecule has 4 heteroatoms. The Hall–Kier alpha value is -0.870. The lowest BCUT2D eigenvalue weighted by Gasteiger charge is -2.18. The zero-order valence-corrected chi connectivity index (χ0v) is 9.77. The molecular weight excluding hydrogens is 192 g/mol. The fourth-order valence-corrected chi connectivity index (χ4v) is 1.51. The molecule has 4 nitrogen and oxygen atoms in total. The molecule has 0 aliphatic carbocycles. The van der Waals surface area contributed by atoms with Crippen molar-refractivity contribution in [2.24, 2.45) is 0 Å². The van der Waals surface area contributed by atoms with Crippen molar-refractivity contribution in [1.29, 1.82) is 0 Å². The summed E-state index contributed by atoms with van der Waals surface area (Å²) in [7, 11) is 0. The lowest BCUT2D eigenvalue weighted by molar-refractivity contribution is -0.143. The lowest BCUT2D eigenvalue weighted by atomic mass is 10.4. The van der Waals surface area contributed by atoms with E-state index in [1.165, 1.54) is 0 Å². The van der Waals surface area contributed by atoms with Crippen molar-refractivity contribution < 1.29 is 9.47 Å². The fourth-order valence-electron chi connectivity index (χ4n) is 1.51. The zero-order chi connectivity index (χ0) is 11.1. The van der Waals surface area contributed by atoms with E-state index < -0.39 is 0 Å². The van der Waals surface area contributed by atoms with Crippen LogP contribution in [0.15, 0.2) is 12.4 Å². The van der Waals surface area contributed by atoms with Crippen LogP contribution >= 0.6 is 0 Å². The number of nitrogens with zero attached hydrogens (tertiary/aromatic N) is 2. The van der Waals surface area contributed by atoms with Crippen LogP contribution in [0.5, 0.6) is 0 Å². The van der Waals surface area contributed by atoms with Gasteiger partial charge in [0, 0.05) is 32.0 Å². The van der Waals surface area contributed by atoms with Crippen molar-refractivity contribution in [3.8, 4) is 0 Å². The minimum Gasteiger partial charge on any atom is -0.351 e. The summed E-state index contributed by atoms with van der Waals surface area (Å²) >= 11 is 0. The minimum atomic E-state index is -0.167. The third-order valence-corrected chi connectivity index (χ3v) is 2.17. The molecule has 15 heavy (non-hydrogen) atoms. The molecule has 0 saturated carbocycles. The predicted octanol–water partition coefficient (Wildman–Crippen LogP) is 1.84. The average Bonchev–Trinajstić information content (AvgIpc) is 2.66. The van der Waals surface area contributed by atoms with Crippen molar-refractivity contribution >= 4 is 0 Å². The average molecular weight is 212 g/mol. The Bertz CT molecular complexity index is 267. The van der Waals surface area contributed by atoms with Gasteiger partial charge < -0.3 is 14.0 Å². The molecule has 0 amide bonds. The maximum atomic E-state index is 5.48. The summed E-state index contributed by atoms with van der Waals surface area (Å²) in [5.41, 5.74) is 0. The van der Waals surface area contributed by atoms with Gasteiger partial charge in [-0.25, -0.2) is 4.98 Å². The van der Waals surface area contributed by atoms with Gasteiger partial charge in [-0.3, -0.25) is 0 Å². The Labute approximate surface area is 91.2 Å². The third kappa shape index (κ3) is 3.64. The molecule has 1 aromatic rings. The molecule has 0 unspecified atom stereocenters. The zero-order valence-electron chi connectivity index (χ0n) is 9.77. The predicted molar refractivity (Wildman–Crippen MR) is 58.6 cm³/mol. The van der Waals surface area contributed by atoms with E-state index >= 15 is 0 Å². The van der Waals surface area contributed by atoms with Gasteiger partial charge in [0.05, 0.1) is 6.54 Å². The number of rotatable bonds is 7. The minimum absolute atomic E-state index is 0.167. The Balaban J connectivity index is 2.56. The monoisotopic (exact) mass is 212 g/mol. The van der Waals surface area contributed by atoms with Crippen molar-refractivity contribution in [3.05, 3.63) is 18.2 Å². The van der Waals surface area contributed by atoms with E-state index in [-0.39, 0.29) is 6.29 Å². The van der Waals surface area contributed by atoms with E-state index in [9.17, 15) is 0 Å². The second-order valence-corrected chi connectivity index (χ2v) is 3.19. The van der Waals surface area contributed by atoms with Gasteiger partial charge >= 0.3 is 0 Å². The first-order valence-electron chi connectivity index (χ1n) is 5.55. The Kier molecular flexibility index (Phi) is 5.36. The topological polar surface area (TPSA) is 36.3 Å². The molecule has 0 fully saturated rings. The molecule has 1 aromatic heterocycles. The summed E-state index contributed by atoms with van der Waals surface area (Å²) in [5.74, 6) is 1.07. The van der Waals surface area contributed by atoms with Crippen LogP contribution in [-0.2, 0) is 22.4 Å². The molecule has 0 saturated heterocycles. The fraction of sp³-hybridized carbons (Fsp3) is 0.727. The molecule has 0 radical (unpaired) electrons. The van der Waals surface area contributed by atoms with Crippen LogP contribution in [0.4, 0.5) is 0 Å². The first-order chi connectivity index (χ1) is 7.31. The summed E-state index contributed by atoms with van der Waals surface area (Å²) in [4.78, 5) is 4.26. The smallest absolute Gasteiger partial charge is 0.175 e. The number of aromatic nitrogens is 2.